The number of carbonyl (C=O) groups excluding carboxylic acids is 1. The van der Waals surface area contributed by atoms with Crippen molar-refractivity contribution in [1.82, 2.24) is 4.90 Å². The molecule has 0 aliphatic carbocycles. The molecule has 1 fully saturated rings. The van der Waals surface area contributed by atoms with Crippen molar-refractivity contribution in [2.24, 2.45) is 5.73 Å². The highest BCUT2D eigenvalue weighted by Gasteiger charge is 2.23. The minimum atomic E-state index is -0.660. The van der Waals surface area contributed by atoms with Crippen LogP contribution in [0.3, 0.4) is 0 Å². The highest BCUT2D eigenvalue weighted by molar-refractivity contribution is 8.02. The van der Waals surface area contributed by atoms with Crippen molar-refractivity contribution in [1.29, 1.82) is 5.26 Å². The summed E-state index contributed by atoms with van der Waals surface area (Å²) >= 11 is 1.40. The number of rotatable bonds is 4. The number of benzene rings is 1. The Labute approximate surface area is 129 Å². The van der Waals surface area contributed by atoms with Gasteiger partial charge in [-0.3, -0.25) is 4.79 Å². The number of hydrogen-bond acceptors (Lipinski definition) is 5. The third kappa shape index (κ3) is 3.50. The second-order valence-corrected chi connectivity index (χ2v) is 5.46. The van der Waals surface area contributed by atoms with Crippen LogP contribution in [0.25, 0.3) is 0 Å². The van der Waals surface area contributed by atoms with Crippen molar-refractivity contribution in [2.45, 2.75) is 0 Å². The van der Waals surface area contributed by atoms with Gasteiger partial charge in [-0.2, -0.15) is 5.26 Å². The van der Waals surface area contributed by atoms with Crippen molar-refractivity contribution < 1.29 is 4.79 Å². The van der Waals surface area contributed by atoms with E-state index in [9.17, 15) is 4.79 Å². The van der Waals surface area contributed by atoms with Crippen LogP contribution in [-0.2, 0) is 4.79 Å². The van der Waals surface area contributed by atoms with E-state index in [1.165, 1.54) is 17.4 Å². The zero-order chi connectivity index (χ0) is 15.2. The Balaban J connectivity index is 2.10. The molecular formula is C15H18N4OS. The Hall–Kier alpha value is -2.13. The molecule has 0 bridgehead atoms. The molecule has 1 aliphatic heterocycles. The number of hydrogen-bond donors (Lipinski definition) is 1. The van der Waals surface area contributed by atoms with Crippen molar-refractivity contribution in [3.8, 4) is 6.07 Å². The summed E-state index contributed by atoms with van der Waals surface area (Å²) in [5.74, 6) is -0.660. The predicted octanol–water partition coefficient (Wildman–Crippen LogP) is 1.39. The molecule has 1 heterocycles. The van der Waals surface area contributed by atoms with Gasteiger partial charge in [-0.25, -0.2) is 0 Å². The molecule has 2 rings (SSSR count). The van der Waals surface area contributed by atoms with Crippen LogP contribution in [0, 0.1) is 11.3 Å². The van der Waals surface area contributed by atoms with Gasteiger partial charge < -0.3 is 15.5 Å². The summed E-state index contributed by atoms with van der Waals surface area (Å²) in [7, 11) is 0. The van der Waals surface area contributed by atoms with E-state index in [1.54, 1.807) is 0 Å². The molecule has 0 radical (unpaired) electrons. The topological polar surface area (TPSA) is 73.4 Å². The normalized spacial score (nSPS) is 16.2. The maximum Gasteiger partial charge on any atom is 0.262 e. The summed E-state index contributed by atoms with van der Waals surface area (Å²) in [5, 5.41) is 9.78. The van der Waals surface area contributed by atoms with E-state index in [2.05, 4.69) is 21.9 Å². The average Bonchev–Trinajstić information content (AvgIpc) is 2.53. The fourth-order valence-electron chi connectivity index (χ4n) is 2.40. The molecule has 1 aromatic rings. The number of primary amides is 1. The Morgan fingerprint density at radius 2 is 1.86 bits per heavy atom. The Bertz CT molecular complexity index is 571. The largest absolute Gasteiger partial charge is 0.368 e. The molecule has 1 aromatic carbocycles. The predicted molar refractivity (Wildman–Crippen MR) is 85.6 cm³/mol. The lowest BCUT2D eigenvalue weighted by atomic mass is 10.2. The zero-order valence-electron chi connectivity index (χ0n) is 12.0. The first kappa shape index (κ1) is 15.3. The summed E-state index contributed by atoms with van der Waals surface area (Å²) in [5.41, 5.74) is 6.53. The second kappa shape index (κ2) is 7.04. The molecule has 0 atom stereocenters. The van der Waals surface area contributed by atoms with Crippen LogP contribution in [0.4, 0.5) is 5.69 Å². The molecule has 0 aromatic heterocycles. The number of amides is 1. The Morgan fingerprint density at radius 3 is 2.33 bits per heavy atom. The van der Waals surface area contributed by atoms with Crippen LogP contribution in [-0.4, -0.2) is 43.2 Å². The van der Waals surface area contributed by atoms with E-state index >= 15 is 0 Å². The molecule has 1 amide bonds. The number of nitriles is 1. The third-order valence-electron chi connectivity index (χ3n) is 3.45. The van der Waals surface area contributed by atoms with E-state index in [-0.39, 0.29) is 5.57 Å². The molecule has 5 nitrogen and oxygen atoms in total. The number of piperazine rings is 1. The van der Waals surface area contributed by atoms with Crippen LogP contribution in [0.5, 0.6) is 0 Å². The number of nitrogens with zero attached hydrogens (tertiary/aromatic N) is 3. The van der Waals surface area contributed by atoms with Crippen LogP contribution in [0.2, 0.25) is 0 Å². The highest BCUT2D eigenvalue weighted by atomic mass is 32.2. The van der Waals surface area contributed by atoms with Crippen LogP contribution in [0.15, 0.2) is 40.9 Å². The summed E-state index contributed by atoms with van der Waals surface area (Å²) in [6.07, 6.45) is 1.86. The summed E-state index contributed by atoms with van der Waals surface area (Å²) < 4.78 is 0. The van der Waals surface area contributed by atoms with E-state index in [0.29, 0.717) is 5.03 Å². The lowest BCUT2D eigenvalue weighted by Crippen LogP contribution is -2.46. The van der Waals surface area contributed by atoms with Gasteiger partial charge in [-0.1, -0.05) is 18.2 Å². The molecule has 21 heavy (non-hydrogen) atoms. The van der Waals surface area contributed by atoms with Gasteiger partial charge in [0.25, 0.3) is 5.91 Å². The van der Waals surface area contributed by atoms with Crippen LogP contribution >= 0.6 is 11.8 Å². The van der Waals surface area contributed by atoms with Gasteiger partial charge in [-0.15, -0.1) is 11.8 Å². The third-order valence-corrected chi connectivity index (χ3v) is 4.30. The number of thioether (sulfide) groups is 1. The fourth-order valence-corrected chi connectivity index (χ4v) is 3.20. The van der Waals surface area contributed by atoms with E-state index in [1.807, 2.05) is 30.5 Å². The van der Waals surface area contributed by atoms with Gasteiger partial charge >= 0.3 is 0 Å². The lowest BCUT2D eigenvalue weighted by molar-refractivity contribution is -0.114. The maximum absolute atomic E-state index is 11.4. The average molecular weight is 302 g/mol. The molecule has 1 saturated heterocycles. The van der Waals surface area contributed by atoms with Crippen molar-refractivity contribution >= 4 is 23.4 Å². The second-order valence-electron chi connectivity index (χ2n) is 4.67. The Kier molecular flexibility index (Phi) is 5.12. The van der Waals surface area contributed by atoms with Crippen LogP contribution < -0.4 is 10.6 Å². The zero-order valence-corrected chi connectivity index (χ0v) is 12.8. The molecule has 0 saturated carbocycles. The first-order chi connectivity index (χ1) is 10.2. The van der Waals surface area contributed by atoms with E-state index in [0.717, 1.165) is 26.2 Å². The van der Waals surface area contributed by atoms with E-state index < -0.39 is 5.91 Å². The van der Waals surface area contributed by atoms with Gasteiger partial charge in [0.05, 0.1) is 5.03 Å². The van der Waals surface area contributed by atoms with Gasteiger partial charge in [-0.05, 0) is 18.4 Å². The van der Waals surface area contributed by atoms with E-state index in [4.69, 9.17) is 11.0 Å². The lowest BCUT2D eigenvalue weighted by Gasteiger charge is -2.38. The SMILES string of the molecule is CS/C(=C(\C#N)C(N)=O)N1CCN(c2ccccc2)CC1. The summed E-state index contributed by atoms with van der Waals surface area (Å²) in [6, 6.07) is 12.1. The van der Waals surface area contributed by atoms with Crippen molar-refractivity contribution in [2.75, 3.05) is 37.3 Å². The first-order valence-corrected chi connectivity index (χ1v) is 7.93. The highest BCUT2D eigenvalue weighted by Crippen LogP contribution is 2.24. The van der Waals surface area contributed by atoms with Crippen molar-refractivity contribution in [3.63, 3.8) is 0 Å². The van der Waals surface area contributed by atoms with Gasteiger partial charge in [0.1, 0.15) is 11.6 Å². The quantitative estimate of drug-likeness (QED) is 0.672. The van der Waals surface area contributed by atoms with Crippen molar-refractivity contribution in [3.05, 3.63) is 40.9 Å². The molecule has 110 valence electrons. The summed E-state index contributed by atoms with van der Waals surface area (Å²) in [6.45, 7) is 3.24. The first-order valence-electron chi connectivity index (χ1n) is 6.70. The molecule has 6 heteroatoms. The van der Waals surface area contributed by atoms with Gasteiger partial charge in [0.15, 0.2) is 0 Å². The monoisotopic (exact) mass is 302 g/mol. The molecule has 1 aliphatic rings. The fraction of sp³-hybridized carbons (Fsp3) is 0.333. The number of para-hydroxylation sites is 1. The number of nitrogens with two attached hydrogens (primary N) is 1. The van der Waals surface area contributed by atoms with Gasteiger partial charge in [0.2, 0.25) is 0 Å². The van der Waals surface area contributed by atoms with Gasteiger partial charge in [0, 0.05) is 31.9 Å². The molecular weight excluding hydrogens is 284 g/mol. The molecule has 2 N–H and O–H groups in total. The molecule has 0 spiro atoms. The number of anilines is 1. The maximum atomic E-state index is 11.4. The number of carbonyl (C=O) groups is 1. The molecule has 0 unspecified atom stereocenters. The Morgan fingerprint density at radius 1 is 1.24 bits per heavy atom. The van der Waals surface area contributed by atoms with Crippen LogP contribution in [0.1, 0.15) is 0 Å². The minimum Gasteiger partial charge on any atom is -0.368 e. The summed E-state index contributed by atoms with van der Waals surface area (Å²) in [4.78, 5) is 15.7. The minimum absolute atomic E-state index is 0.0515. The standard InChI is InChI=1S/C15H18N4OS/c1-21-15(13(11-16)14(17)20)19-9-7-18(8-10-19)12-5-3-2-4-6-12/h2-6H,7-10H2,1H3,(H2,17,20)/b15-13+. The smallest absolute Gasteiger partial charge is 0.262 e.